The van der Waals surface area contributed by atoms with E-state index in [0.29, 0.717) is 23.8 Å². The summed E-state index contributed by atoms with van der Waals surface area (Å²) in [5.74, 6) is 0.273. The normalized spacial score (nSPS) is 11.2. The molecule has 0 aliphatic rings. The lowest BCUT2D eigenvalue weighted by atomic mass is 9.97. The molecule has 0 saturated carbocycles. The van der Waals surface area contributed by atoms with Gasteiger partial charge in [-0.05, 0) is 84.0 Å². The Hall–Kier alpha value is -2.91. The maximum atomic E-state index is 15.1. The van der Waals surface area contributed by atoms with Gasteiger partial charge in [0.05, 0.1) is 11.6 Å². The van der Waals surface area contributed by atoms with Crippen LogP contribution in [0.3, 0.4) is 0 Å². The lowest BCUT2D eigenvalue weighted by molar-refractivity contribution is 0.309. The molecule has 0 fully saturated rings. The van der Waals surface area contributed by atoms with E-state index in [2.05, 4.69) is 25.1 Å². The van der Waals surface area contributed by atoms with Gasteiger partial charge in [-0.15, -0.1) is 0 Å². The van der Waals surface area contributed by atoms with Gasteiger partial charge in [0.2, 0.25) is 0 Å². The average molecular weight is 479 g/mol. The number of fused-ring (bicyclic) bond motifs is 1. The molecule has 4 aromatic rings. The van der Waals surface area contributed by atoms with E-state index in [1.54, 1.807) is 12.1 Å². The first-order valence-electron chi connectivity index (χ1n) is 11.9. The maximum Gasteiger partial charge on any atom is 0.142 e. The van der Waals surface area contributed by atoms with Crippen LogP contribution in [-0.2, 0) is 25.7 Å². The molecule has 4 rings (SSSR count). The van der Waals surface area contributed by atoms with Gasteiger partial charge in [-0.2, -0.15) is 0 Å². The molecule has 0 amide bonds. The number of aryl methyl sites for hydroxylation is 4. The molecule has 0 saturated heterocycles. The van der Waals surface area contributed by atoms with E-state index < -0.39 is 5.82 Å². The van der Waals surface area contributed by atoms with Crippen molar-refractivity contribution in [3.8, 4) is 5.75 Å². The Morgan fingerprint density at radius 1 is 0.735 bits per heavy atom. The molecular formula is C30H29ClF2O. The van der Waals surface area contributed by atoms with Crippen LogP contribution in [0.5, 0.6) is 5.75 Å². The summed E-state index contributed by atoms with van der Waals surface area (Å²) in [7, 11) is 0. The summed E-state index contributed by atoms with van der Waals surface area (Å²) in [6.45, 7) is 2.91. The second-order valence-electron chi connectivity index (χ2n) is 8.69. The van der Waals surface area contributed by atoms with Crippen molar-refractivity contribution < 1.29 is 13.5 Å². The Labute approximate surface area is 205 Å². The highest BCUT2D eigenvalue weighted by molar-refractivity contribution is 6.30. The molecule has 0 radical (unpaired) electrons. The molecule has 34 heavy (non-hydrogen) atoms. The minimum atomic E-state index is -0.443. The maximum absolute atomic E-state index is 15.1. The number of rotatable bonds is 10. The fourth-order valence-corrected chi connectivity index (χ4v) is 4.20. The summed E-state index contributed by atoms with van der Waals surface area (Å²) in [5, 5.41) is 1.62. The van der Waals surface area contributed by atoms with Crippen molar-refractivity contribution >= 4 is 22.4 Å². The zero-order valence-electron chi connectivity index (χ0n) is 19.4. The fraction of sp³-hybridized carbons (Fsp3) is 0.267. The number of halogens is 3. The van der Waals surface area contributed by atoms with E-state index in [4.69, 9.17) is 16.3 Å². The Balaban J connectivity index is 1.38. The van der Waals surface area contributed by atoms with Crippen molar-refractivity contribution in [2.45, 2.75) is 45.4 Å². The van der Waals surface area contributed by atoms with Gasteiger partial charge in [-0.3, -0.25) is 0 Å². The van der Waals surface area contributed by atoms with E-state index in [0.717, 1.165) is 49.0 Å². The van der Waals surface area contributed by atoms with Gasteiger partial charge in [-0.1, -0.05) is 73.5 Å². The average Bonchev–Trinajstić information content (AvgIpc) is 2.85. The van der Waals surface area contributed by atoms with Gasteiger partial charge in [0.1, 0.15) is 17.4 Å². The predicted octanol–water partition coefficient (Wildman–Crippen LogP) is 8.52. The third-order valence-electron chi connectivity index (χ3n) is 6.16. The zero-order chi connectivity index (χ0) is 23.9. The van der Waals surface area contributed by atoms with Gasteiger partial charge in [-0.25, -0.2) is 8.78 Å². The van der Waals surface area contributed by atoms with Crippen molar-refractivity contribution in [1.29, 1.82) is 0 Å². The monoisotopic (exact) mass is 478 g/mol. The first-order valence-corrected chi connectivity index (χ1v) is 12.3. The van der Waals surface area contributed by atoms with Crippen LogP contribution in [0.1, 0.15) is 42.0 Å². The molecule has 0 unspecified atom stereocenters. The highest BCUT2D eigenvalue weighted by Gasteiger charge is 2.10. The molecule has 0 N–H and O–H groups in total. The molecule has 0 atom stereocenters. The molecule has 0 aromatic heterocycles. The summed E-state index contributed by atoms with van der Waals surface area (Å²) in [5.41, 5.74) is 3.87. The van der Waals surface area contributed by atoms with Crippen molar-refractivity contribution in [2.75, 3.05) is 6.61 Å². The smallest absolute Gasteiger partial charge is 0.142 e. The first kappa shape index (κ1) is 24.2. The molecule has 0 spiro atoms. The van der Waals surface area contributed by atoms with Gasteiger partial charge >= 0.3 is 0 Å². The van der Waals surface area contributed by atoms with E-state index in [1.165, 1.54) is 17.2 Å². The Morgan fingerprint density at radius 3 is 2.18 bits per heavy atom. The highest BCUT2D eigenvalue weighted by atomic mass is 35.5. The summed E-state index contributed by atoms with van der Waals surface area (Å²) in [6.07, 6.45) is 5.05. The van der Waals surface area contributed by atoms with Crippen LogP contribution in [0, 0.1) is 11.6 Å². The third-order valence-corrected chi connectivity index (χ3v) is 6.46. The predicted molar refractivity (Wildman–Crippen MR) is 137 cm³/mol. The number of unbranched alkanes of at least 4 members (excludes halogenated alkanes) is 1. The standard InChI is InChI=1S/C30H29ClF2O/c1-2-3-18-34-26-14-7-21(8-15-26)4-5-22-9-16-27-25(19-22)13-12-24(30(27)33)11-6-23-10-17-28(31)29(32)20-23/h7-10,12-17,19-20H,2-6,11,18H2,1H3. The quantitative estimate of drug-likeness (QED) is 0.207. The molecule has 4 aromatic carbocycles. The van der Waals surface area contributed by atoms with Crippen LogP contribution < -0.4 is 4.74 Å². The van der Waals surface area contributed by atoms with Gasteiger partial charge in [0.15, 0.2) is 0 Å². The molecule has 0 heterocycles. The van der Waals surface area contributed by atoms with Crippen LogP contribution in [0.15, 0.2) is 72.8 Å². The second-order valence-corrected chi connectivity index (χ2v) is 9.10. The summed E-state index contributed by atoms with van der Waals surface area (Å²) < 4.78 is 34.5. The molecule has 0 bridgehead atoms. The lowest BCUT2D eigenvalue weighted by Crippen LogP contribution is -1.98. The largest absolute Gasteiger partial charge is 0.494 e. The van der Waals surface area contributed by atoms with Crippen LogP contribution in [0.4, 0.5) is 8.78 Å². The van der Waals surface area contributed by atoms with Crippen LogP contribution in [0.2, 0.25) is 5.02 Å². The number of benzene rings is 4. The van der Waals surface area contributed by atoms with Gasteiger partial charge < -0.3 is 4.74 Å². The highest BCUT2D eigenvalue weighted by Crippen LogP contribution is 2.25. The van der Waals surface area contributed by atoms with E-state index in [1.807, 2.05) is 36.4 Å². The second kappa shape index (κ2) is 11.5. The SMILES string of the molecule is CCCCOc1ccc(CCc2ccc3c(F)c(CCc4ccc(Cl)c(F)c4)ccc3c2)cc1. The molecule has 1 nitrogen and oxygen atoms in total. The van der Waals surface area contributed by atoms with Crippen molar-refractivity contribution in [2.24, 2.45) is 0 Å². The minimum absolute atomic E-state index is 0.102. The van der Waals surface area contributed by atoms with Crippen LogP contribution in [0.25, 0.3) is 10.8 Å². The fourth-order valence-electron chi connectivity index (χ4n) is 4.08. The lowest BCUT2D eigenvalue weighted by Gasteiger charge is -2.10. The Bertz CT molecular complexity index is 1250. The van der Waals surface area contributed by atoms with E-state index in [-0.39, 0.29) is 10.8 Å². The number of hydrogen-bond donors (Lipinski definition) is 0. The zero-order valence-corrected chi connectivity index (χ0v) is 20.2. The number of ether oxygens (including phenoxy) is 1. The third kappa shape index (κ3) is 6.15. The van der Waals surface area contributed by atoms with Gasteiger partial charge in [0, 0.05) is 5.39 Å². The minimum Gasteiger partial charge on any atom is -0.494 e. The summed E-state index contributed by atoms with van der Waals surface area (Å²) >= 11 is 5.75. The first-order chi connectivity index (χ1) is 16.5. The van der Waals surface area contributed by atoms with Crippen molar-refractivity contribution in [3.05, 3.63) is 112 Å². The number of hydrogen-bond acceptors (Lipinski definition) is 1. The summed E-state index contributed by atoms with van der Waals surface area (Å²) in [6, 6.07) is 22.8. The molecule has 4 heteroatoms. The summed E-state index contributed by atoms with van der Waals surface area (Å²) in [4.78, 5) is 0. The Morgan fingerprint density at radius 2 is 1.41 bits per heavy atom. The van der Waals surface area contributed by atoms with E-state index in [9.17, 15) is 4.39 Å². The van der Waals surface area contributed by atoms with Crippen LogP contribution >= 0.6 is 11.6 Å². The molecular weight excluding hydrogens is 450 g/mol. The van der Waals surface area contributed by atoms with Crippen molar-refractivity contribution in [3.63, 3.8) is 0 Å². The molecule has 176 valence electrons. The van der Waals surface area contributed by atoms with Crippen LogP contribution in [-0.4, -0.2) is 6.61 Å². The Kier molecular flexibility index (Phi) is 8.18. The van der Waals surface area contributed by atoms with Crippen molar-refractivity contribution in [1.82, 2.24) is 0 Å². The van der Waals surface area contributed by atoms with Gasteiger partial charge in [0.25, 0.3) is 0 Å². The molecule has 0 aliphatic heterocycles. The van der Waals surface area contributed by atoms with E-state index >= 15 is 4.39 Å². The topological polar surface area (TPSA) is 9.23 Å². The molecule has 0 aliphatic carbocycles.